The molecule has 0 saturated carbocycles. The molecule has 0 saturated heterocycles. The summed E-state index contributed by atoms with van der Waals surface area (Å²) in [5.74, 6) is 1.71. The highest BCUT2D eigenvalue weighted by Crippen LogP contribution is 2.22. The fourth-order valence-corrected chi connectivity index (χ4v) is 5.02. The van der Waals surface area contributed by atoms with Crippen LogP contribution >= 0.6 is 0 Å². The molecule has 0 fully saturated rings. The van der Waals surface area contributed by atoms with Crippen molar-refractivity contribution in [2.24, 2.45) is 47.3 Å². The van der Waals surface area contributed by atoms with Gasteiger partial charge >= 0.3 is 0 Å². The van der Waals surface area contributed by atoms with Crippen molar-refractivity contribution in [3.8, 4) is 0 Å². The van der Waals surface area contributed by atoms with Gasteiger partial charge in [-0.2, -0.15) is 0 Å². The molecule has 0 bridgehead atoms. The van der Waals surface area contributed by atoms with Crippen LogP contribution in [0.4, 0.5) is 0 Å². The van der Waals surface area contributed by atoms with Crippen LogP contribution in [0.2, 0.25) is 0 Å². The van der Waals surface area contributed by atoms with Gasteiger partial charge in [-0.25, -0.2) is 0 Å². The minimum absolute atomic E-state index is 0.0494. The van der Waals surface area contributed by atoms with E-state index in [1.807, 2.05) is 135 Å². The lowest BCUT2D eigenvalue weighted by Gasteiger charge is -2.16. The Kier molecular flexibility index (Phi) is 30.6. The maximum absolute atomic E-state index is 10.3. The molecule has 280 valence electrons. The fourth-order valence-electron chi connectivity index (χ4n) is 5.02. The molecular weight excluding hydrogens is 616 g/mol. The molecule has 0 heterocycles. The first-order valence-electron chi connectivity index (χ1n) is 16.9. The molecule has 48 heavy (non-hydrogen) atoms. The van der Waals surface area contributed by atoms with Crippen molar-refractivity contribution < 1.29 is 19.7 Å². The van der Waals surface area contributed by atoms with Crippen molar-refractivity contribution in [2.75, 3.05) is 26.2 Å². The smallest absolute Gasteiger partial charge is 0.210 e. The molecule has 0 aromatic heterocycles. The summed E-state index contributed by atoms with van der Waals surface area (Å²) in [5, 5.41) is 41.3. The zero-order chi connectivity index (χ0) is 38.9. The van der Waals surface area contributed by atoms with Crippen LogP contribution in [0.25, 0.3) is 0 Å². The maximum atomic E-state index is 10.3. The zero-order valence-corrected chi connectivity index (χ0v) is 32.8. The normalized spacial score (nSPS) is 14.9. The molecular formula is C36H68N4O8. The Bertz CT molecular complexity index is 908. The van der Waals surface area contributed by atoms with Gasteiger partial charge < -0.3 is 0 Å². The number of hydrogen-bond donors (Lipinski definition) is 0. The standard InChI is InChI=1S/4C9H17NO2/c4*1-5-8(4)9(7(2)3)6-10(11)12/h4*5,7,9H,6H2,1-4H3/t4*9-/m1100/s1. The quantitative estimate of drug-likeness (QED) is 0.0877. The van der Waals surface area contributed by atoms with Crippen LogP contribution in [0.3, 0.4) is 0 Å². The summed E-state index contributed by atoms with van der Waals surface area (Å²) >= 11 is 0. The van der Waals surface area contributed by atoms with Crippen LogP contribution in [0.1, 0.15) is 111 Å². The molecule has 12 heteroatoms. The average Bonchev–Trinajstić information content (AvgIpc) is 2.98. The molecule has 0 aliphatic heterocycles. The summed E-state index contributed by atoms with van der Waals surface area (Å²) < 4.78 is 0. The van der Waals surface area contributed by atoms with E-state index in [-0.39, 0.29) is 69.5 Å². The van der Waals surface area contributed by atoms with Crippen molar-refractivity contribution in [3.63, 3.8) is 0 Å². The van der Waals surface area contributed by atoms with Crippen LogP contribution in [-0.2, 0) is 0 Å². The first kappa shape index (κ1) is 51.4. The summed E-state index contributed by atoms with van der Waals surface area (Å²) in [6, 6.07) is 0. The van der Waals surface area contributed by atoms with E-state index in [0.29, 0.717) is 23.7 Å². The summed E-state index contributed by atoms with van der Waals surface area (Å²) in [4.78, 5) is 40.3. The molecule has 0 aliphatic carbocycles. The first-order chi connectivity index (χ1) is 21.9. The van der Waals surface area contributed by atoms with Gasteiger partial charge in [-0.3, -0.25) is 40.5 Å². The van der Waals surface area contributed by atoms with Gasteiger partial charge in [0.05, 0.1) is 0 Å². The Balaban J connectivity index is -0.000000269. The fraction of sp³-hybridized carbons (Fsp3) is 0.778. The van der Waals surface area contributed by atoms with E-state index in [0.717, 1.165) is 22.3 Å². The van der Waals surface area contributed by atoms with E-state index in [1.165, 1.54) is 0 Å². The Morgan fingerprint density at radius 2 is 0.521 bits per heavy atom. The number of rotatable bonds is 16. The Labute approximate surface area is 290 Å². The van der Waals surface area contributed by atoms with Crippen molar-refractivity contribution in [3.05, 3.63) is 87.1 Å². The van der Waals surface area contributed by atoms with E-state index < -0.39 is 0 Å². The molecule has 0 aromatic rings. The zero-order valence-electron chi connectivity index (χ0n) is 32.8. The van der Waals surface area contributed by atoms with Gasteiger partial charge in [-0.15, -0.1) is 0 Å². The van der Waals surface area contributed by atoms with Gasteiger partial charge in [0.25, 0.3) is 0 Å². The Morgan fingerprint density at radius 1 is 0.396 bits per heavy atom. The van der Waals surface area contributed by atoms with Crippen molar-refractivity contribution in [2.45, 2.75) is 111 Å². The third-order valence-corrected chi connectivity index (χ3v) is 8.76. The van der Waals surface area contributed by atoms with Gasteiger partial charge in [0.2, 0.25) is 26.2 Å². The third-order valence-electron chi connectivity index (χ3n) is 8.76. The van der Waals surface area contributed by atoms with E-state index in [1.54, 1.807) is 0 Å². The topological polar surface area (TPSA) is 173 Å². The Morgan fingerprint density at radius 3 is 0.583 bits per heavy atom. The highest BCUT2D eigenvalue weighted by molar-refractivity contribution is 5.04. The van der Waals surface area contributed by atoms with Crippen LogP contribution in [0.5, 0.6) is 0 Å². The maximum Gasteiger partial charge on any atom is 0.210 e. The summed E-state index contributed by atoms with van der Waals surface area (Å²) in [7, 11) is 0. The van der Waals surface area contributed by atoms with E-state index >= 15 is 0 Å². The van der Waals surface area contributed by atoms with Crippen molar-refractivity contribution >= 4 is 0 Å². The molecule has 12 nitrogen and oxygen atoms in total. The number of nitrogens with zero attached hydrogens (tertiary/aromatic N) is 4. The van der Waals surface area contributed by atoms with Crippen LogP contribution in [-0.4, -0.2) is 45.9 Å². The van der Waals surface area contributed by atoms with Gasteiger partial charge in [0.15, 0.2) is 0 Å². The number of nitro groups is 4. The second-order valence-electron chi connectivity index (χ2n) is 13.6. The van der Waals surface area contributed by atoms with Gasteiger partial charge in [0.1, 0.15) is 0 Å². The lowest BCUT2D eigenvalue weighted by molar-refractivity contribution is -0.487. The Hall–Kier alpha value is -3.44. The number of hydrogen-bond acceptors (Lipinski definition) is 8. The lowest BCUT2D eigenvalue weighted by atomic mass is 9.89. The molecule has 0 spiro atoms. The summed E-state index contributed by atoms with van der Waals surface area (Å²) in [6.07, 6.45) is 7.81. The van der Waals surface area contributed by atoms with Gasteiger partial charge in [-0.1, -0.05) is 102 Å². The lowest BCUT2D eigenvalue weighted by Crippen LogP contribution is -2.20. The van der Waals surface area contributed by atoms with Gasteiger partial charge in [-0.05, 0) is 79.1 Å². The van der Waals surface area contributed by atoms with E-state index in [4.69, 9.17) is 0 Å². The monoisotopic (exact) mass is 685 g/mol. The van der Waals surface area contributed by atoms with Gasteiger partial charge in [0, 0.05) is 43.4 Å². The minimum atomic E-state index is -0.238. The first-order valence-corrected chi connectivity index (χ1v) is 16.9. The summed E-state index contributed by atoms with van der Waals surface area (Å²) in [5.41, 5.74) is 4.45. The van der Waals surface area contributed by atoms with Crippen molar-refractivity contribution in [1.29, 1.82) is 0 Å². The highest BCUT2D eigenvalue weighted by Gasteiger charge is 2.22. The molecule has 0 aliphatic rings. The van der Waals surface area contributed by atoms with E-state index in [2.05, 4.69) is 0 Å². The number of allylic oxidation sites excluding steroid dienone is 4. The molecule has 0 unspecified atom stereocenters. The molecule has 0 radical (unpaired) electrons. The van der Waals surface area contributed by atoms with Crippen LogP contribution in [0, 0.1) is 87.8 Å². The predicted octanol–water partition coefficient (Wildman–Crippen LogP) is 10.0. The average molecular weight is 685 g/mol. The third kappa shape index (κ3) is 26.6. The van der Waals surface area contributed by atoms with E-state index in [9.17, 15) is 40.5 Å². The van der Waals surface area contributed by atoms with Crippen molar-refractivity contribution in [1.82, 2.24) is 0 Å². The molecule has 0 amide bonds. The SMILES string of the molecule is CC=C(C)[C@@H](C[N+](=O)[O-])C(C)C.CC=C(C)[C@@H](C[N+](=O)[O-])C(C)C.CC=C(C)[C@H](C[N+](=O)[O-])C(C)C.CC=C(C)[C@H](C[N+](=O)[O-])C(C)C. The van der Waals surface area contributed by atoms with Crippen LogP contribution in [0.15, 0.2) is 46.6 Å². The molecule has 4 atom stereocenters. The largest absolute Gasteiger partial charge is 0.265 e. The van der Waals surface area contributed by atoms with Crippen LogP contribution < -0.4 is 0 Å². The molecule has 0 aromatic carbocycles. The highest BCUT2D eigenvalue weighted by atomic mass is 16.6. The second kappa shape index (κ2) is 28.6. The summed E-state index contributed by atoms with van der Waals surface area (Å²) in [6.45, 7) is 31.8. The second-order valence-corrected chi connectivity index (χ2v) is 13.6. The molecule has 0 N–H and O–H groups in total. The predicted molar refractivity (Wildman–Crippen MR) is 198 cm³/mol. The molecule has 0 rings (SSSR count). The minimum Gasteiger partial charge on any atom is -0.265 e.